The van der Waals surface area contributed by atoms with Gasteiger partial charge < -0.3 is 25.6 Å². The number of aliphatic carboxylic acids is 1. The zero-order valence-corrected chi connectivity index (χ0v) is 17.6. The van der Waals surface area contributed by atoms with E-state index in [-0.39, 0.29) is 24.7 Å². The number of amides is 2. The van der Waals surface area contributed by atoms with Crippen LogP contribution < -0.4 is 10.6 Å². The van der Waals surface area contributed by atoms with Crippen molar-refractivity contribution in [1.29, 1.82) is 0 Å². The fourth-order valence-corrected chi connectivity index (χ4v) is 2.95. The van der Waals surface area contributed by atoms with Gasteiger partial charge in [0.2, 0.25) is 5.91 Å². The number of hydrogen-bond acceptors (Lipinski definition) is 5. The van der Waals surface area contributed by atoms with Crippen LogP contribution in [0.15, 0.2) is 54.6 Å². The van der Waals surface area contributed by atoms with E-state index >= 15 is 0 Å². The van der Waals surface area contributed by atoms with Crippen molar-refractivity contribution in [2.24, 2.45) is 5.92 Å². The summed E-state index contributed by atoms with van der Waals surface area (Å²) in [6.07, 6.45) is -0.401. The zero-order valence-electron chi connectivity index (χ0n) is 17.6. The van der Waals surface area contributed by atoms with Crippen molar-refractivity contribution in [2.45, 2.75) is 45.4 Å². The summed E-state index contributed by atoms with van der Waals surface area (Å²) in [6, 6.07) is 13.1. The molecule has 0 bridgehead atoms. The maximum Gasteiger partial charge on any atom is 0.408 e. The van der Waals surface area contributed by atoms with Crippen LogP contribution in [0.4, 0.5) is 4.79 Å². The van der Waals surface area contributed by atoms with E-state index in [2.05, 4.69) is 10.6 Å². The Morgan fingerprint density at radius 3 is 2.13 bits per heavy atom. The molecule has 0 aliphatic carbocycles. The van der Waals surface area contributed by atoms with Gasteiger partial charge in [-0.1, -0.05) is 56.3 Å². The lowest BCUT2D eigenvalue weighted by Gasteiger charge is -2.22. The van der Waals surface area contributed by atoms with Crippen molar-refractivity contribution in [1.82, 2.24) is 10.6 Å². The first-order valence-electron chi connectivity index (χ1n) is 10.0. The Bertz CT molecular complexity index is 867. The van der Waals surface area contributed by atoms with E-state index in [4.69, 9.17) is 4.74 Å². The predicted octanol–water partition coefficient (Wildman–Crippen LogP) is 2.85. The van der Waals surface area contributed by atoms with Crippen LogP contribution in [0, 0.1) is 5.92 Å². The minimum absolute atomic E-state index is 0.0359. The molecular weight excluding hydrogens is 400 g/mol. The number of phenolic OH excluding ortho intramolecular Hbond substituents is 1. The molecule has 0 radical (unpaired) electrons. The summed E-state index contributed by atoms with van der Waals surface area (Å²) in [5.41, 5.74) is 1.45. The second-order valence-electron chi connectivity index (χ2n) is 7.66. The number of benzene rings is 2. The number of alkyl carbamates (subject to hydrolysis) is 1. The molecule has 2 amide bonds. The smallest absolute Gasteiger partial charge is 0.408 e. The number of nitrogens with one attached hydrogen (secondary N) is 2. The molecule has 8 heteroatoms. The fourth-order valence-electron chi connectivity index (χ4n) is 2.95. The van der Waals surface area contributed by atoms with Gasteiger partial charge in [-0.15, -0.1) is 0 Å². The van der Waals surface area contributed by atoms with Crippen LogP contribution in [0.25, 0.3) is 0 Å². The summed E-state index contributed by atoms with van der Waals surface area (Å²) in [5.74, 6) is -1.66. The number of carbonyl (C=O) groups excluding carboxylic acids is 2. The first-order valence-corrected chi connectivity index (χ1v) is 10.0. The second kappa shape index (κ2) is 11.6. The number of carbonyl (C=O) groups is 3. The van der Waals surface area contributed by atoms with Gasteiger partial charge in [-0.05, 0) is 35.6 Å². The highest BCUT2D eigenvalue weighted by Crippen LogP contribution is 2.12. The van der Waals surface area contributed by atoms with E-state index in [0.29, 0.717) is 12.0 Å². The van der Waals surface area contributed by atoms with Gasteiger partial charge in [0.25, 0.3) is 0 Å². The molecule has 0 saturated carbocycles. The average Bonchev–Trinajstić information content (AvgIpc) is 2.73. The van der Waals surface area contributed by atoms with Gasteiger partial charge in [0.1, 0.15) is 24.4 Å². The quantitative estimate of drug-likeness (QED) is 0.461. The SMILES string of the molecule is CC(C)C[C@H](NC(=O)OCc1ccccc1)C(=O)N[C@@H](Cc1ccc(O)cc1)C(=O)O. The van der Waals surface area contributed by atoms with Crippen LogP contribution in [-0.4, -0.2) is 40.3 Å². The molecule has 31 heavy (non-hydrogen) atoms. The highest BCUT2D eigenvalue weighted by Gasteiger charge is 2.27. The molecule has 0 aliphatic rings. The van der Waals surface area contributed by atoms with E-state index in [9.17, 15) is 24.6 Å². The van der Waals surface area contributed by atoms with Gasteiger partial charge >= 0.3 is 12.1 Å². The maximum atomic E-state index is 12.8. The summed E-state index contributed by atoms with van der Waals surface area (Å²) in [7, 11) is 0. The molecule has 2 aromatic carbocycles. The van der Waals surface area contributed by atoms with Gasteiger partial charge in [-0.3, -0.25) is 4.79 Å². The Labute approximate surface area is 181 Å². The monoisotopic (exact) mass is 428 g/mol. The second-order valence-corrected chi connectivity index (χ2v) is 7.66. The van der Waals surface area contributed by atoms with Gasteiger partial charge in [0.05, 0.1) is 0 Å². The molecule has 0 aromatic heterocycles. The average molecular weight is 428 g/mol. The maximum absolute atomic E-state index is 12.8. The molecule has 0 spiro atoms. The number of aromatic hydroxyl groups is 1. The van der Waals surface area contributed by atoms with Gasteiger partial charge in [-0.25, -0.2) is 9.59 Å². The lowest BCUT2D eigenvalue weighted by molar-refractivity contribution is -0.142. The minimum atomic E-state index is -1.20. The molecule has 0 fully saturated rings. The van der Waals surface area contributed by atoms with Crippen LogP contribution in [0.1, 0.15) is 31.4 Å². The lowest BCUT2D eigenvalue weighted by Crippen LogP contribution is -2.52. The van der Waals surface area contributed by atoms with Crippen molar-refractivity contribution in [3.8, 4) is 5.75 Å². The number of phenols is 1. The number of rotatable bonds is 10. The molecule has 2 rings (SSSR count). The largest absolute Gasteiger partial charge is 0.508 e. The number of ether oxygens (including phenoxy) is 1. The molecule has 4 N–H and O–H groups in total. The first-order chi connectivity index (χ1) is 14.7. The van der Waals surface area contributed by atoms with Gasteiger partial charge in [0.15, 0.2) is 0 Å². The molecule has 166 valence electrons. The Balaban J connectivity index is 1.99. The Morgan fingerprint density at radius 2 is 1.55 bits per heavy atom. The topological polar surface area (TPSA) is 125 Å². The van der Waals surface area contributed by atoms with Crippen molar-refractivity contribution in [3.05, 3.63) is 65.7 Å². The molecule has 8 nitrogen and oxygen atoms in total. The van der Waals surface area contributed by atoms with E-state index < -0.39 is 30.1 Å². The predicted molar refractivity (Wildman–Crippen MR) is 114 cm³/mol. The summed E-state index contributed by atoms with van der Waals surface area (Å²) >= 11 is 0. The third kappa shape index (κ3) is 8.38. The molecule has 0 saturated heterocycles. The normalized spacial score (nSPS) is 12.6. The van der Waals surface area contributed by atoms with E-state index in [1.165, 1.54) is 12.1 Å². The molecule has 0 aliphatic heterocycles. The van der Waals surface area contributed by atoms with E-state index in [1.54, 1.807) is 12.1 Å². The fraction of sp³-hybridized carbons (Fsp3) is 0.348. The summed E-state index contributed by atoms with van der Waals surface area (Å²) in [5, 5.41) is 23.9. The van der Waals surface area contributed by atoms with Crippen LogP contribution in [-0.2, 0) is 27.4 Å². The summed E-state index contributed by atoms with van der Waals surface area (Å²) in [4.78, 5) is 36.6. The molecule has 0 heterocycles. The van der Waals surface area contributed by atoms with Gasteiger partial charge in [-0.2, -0.15) is 0 Å². The third-order valence-corrected chi connectivity index (χ3v) is 4.52. The van der Waals surface area contributed by atoms with Crippen molar-refractivity contribution in [2.75, 3.05) is 0 Å². The Hall–Kier alpha value is -3.55. The van der Waals surface area contributed by atoms with Crippen molar-refractivity contribution in [3.63, 3.8) is 0 Å². The van der Waals surface area contributed by atoms with Crippen molar-refractivity contribution < 1.29 is 29.3 Å². The number of carboxylic acids is 1. The standard InChI is InChI=1S/C23H28N2O6/c1-15(2)12-19(25-23(30)31-14-17-6-4-3-5-7-17)21(27)24-20(22(28)29)13-16-8-10-18(26)11-9-16/h3-11,15,19-20,26H,12-14H2,1-2H3,(H,24,27)(H,25,30)(H,28,29)/t19-,20-/m0/s1. The first kappa shape index (κ1) is 23.7. The number of hydrogen-bond donors (Lipinski definition) is 4. The van der Waals surface area contributed by atoms with Crippen LogP contribution in [0.2, 0.25) is 0 Å². The Kier molecular flexibility index (Phi) is 8.87. The van der Waals surface area contributed by atoms with Crippen LogP contribution in [0.5, 0.6) is 5.75 Å². The Morgan fingerprint density at radius 1 is 0.903 bits per heavy atom. The molecule has 2 aromatic rings. The highest BCUT2D eigenvalue weighted by molar-refractivity contribution is 5.89. The summed E-state index contributed by atoms with van der Waals surface area (Å²) in [6.45, 7) is 3.84. The molecular formula is C23H28N2O6. The van der Waals surface area contributed by atoms with Crippen LogP contribution in [0.3, 0.4) is 0 Å². The van der Waals surface area contributed by atoms with E-state index in [0.717, 1.165) is 5.56 Å². The highest BCUT2D eigenvalue weighted by atomic mass is 16.5. The van der Waals surface area contributed by atoms with Crippen molar-refractivity contribution >= 4 is 18.0 Å². The lowest BCUT2D eigenvalue weighted by atomic mass is 10.0. The minimum Gasteiger partial charge on any atom is -0.508 e. The summed E-state index contributed by atoms with van der Waals surface area (Å²) < 4.78 is 5.18. The third-order valence-electron chi connectivity index (χ3n) is 4.52. The zero-order chi connectivity index (χ0) is 22.8. The van der Waals surface area contributed by atoms with E-state index in [1.807, 2.05) is 44.2 Å². The number of carboxylic acid groups (broad SMARTS) is 1. The van der Waals surface area contributed by atoms with Gasteiger partial charge in [0, 0.05) is 6.42 Å². The van der Waals surface area contributed by atoms with Crippen LogP contribution >= 0.6 is 0 Å². The molecule has 2 atom stereocenters. The molecule has 0 unspecified atom stereocenters.